The quantitative estimate of drug-likeness (QED) is 0.168. The first-order chi connectivity index (χ1) is 23.1. The van der Waals surface area contributed by atoms with Crippen molar-refractivity contribution in [1.82, 2.24) is 0 Å². The molecule has 5 heterocycles. The first-order valence-corrected chi connectivity index (χ1v) is 15.4. The Morgan fingerprint density at radius 3 is 2.69 bits per heavy atom. The number of nitrogens with one attached hydrogen (secondary N) is 1. The lowest BCUT2D eigenvalue weighted by atomic mass is 9.86. The zero-order valence-electron chi connectivity index (χ0n) is 26.0. The summed E-state index contributed by atoms with van der Waals surface area (Å²) in [6, 6.07) is 7.21. The largest absolute Gasteiger partial charge is 0.550 e. The van der Waals surface area contributed by atoms with Crippen LogP contribution in [0.1, 0.15) is 35.1 Å². The summed E-state index contributed by atoms with van der Waals surface area (Å²) >= 11 is 0. The number of carboxylic acid groups (broad SMARTS) is 1. The van der Waals surface area contributed by atoms with Crippen molar-refractivity contribution in [3.05, 3.63) is 65.0 Å². The van der Waals surface area contributed by atoms with E-state index in [0.717, 1.165) is 32.9 Å². The van der Waals surface area contributed by atoms with Gasteiger partial charge < -0.3 is 58.4 Å². The number of hydrogen-bond donors (Lipinski definition) is 4. The summed E-state index contributed by atoms with van der Waals surface area (Å²) in [5.74, 6) is -0.553. The van der Waals surface area contributed by atoms with Crippen LogP contribution in [0, 0.1) is 0 Å². The van der Waals surface area contributed by atoms with E-state index in [1.165, 1.54) is 0 Å². The van der Waals surface area contributed by atoms with Gasteiger partial charge in [-0.3, -0.25) is 14.7 Å². The number of quaternary nitrogens is 1. The van der Waals surface area contributed by atoms with E-state index >= 15 is 0 Å². The molecule has 15 nitrogen and oxygen atoms in total. The van der Waals surface area contributed by atoms with E-state index in [2.05, 4.69) is 11.2 Å². The first kappa shape index (κ1) is 31.9. The van der Waals surface area contributed by atoms with Crippen LogP contribution in [-0.4, -0.2) is 97.7 Å². The number of carbonyl (C=O) groups is 2. The Morgan fingerprint density at radius 1 is 1.10 bits per heavy atom. The predicted octanol–water partition coefficient (Wildman–Crippen LogP) is -1.57. The molecule has 0 aromatic heterocycles. The smallest absolute Gasteiger partial charge is 0.311 e. The number of methoxy groups -OCH3 is 2. The Hall–Kier alpha value is -4.67. The summed E-state index contributed by atoms with van der Waals surface area (Å²) in [6.07, 6.45) is -3.50. The Labute approximate surface area is 274 Å². The fourth-order valence-corrected chi connectivity index (χ4v) is 6.76. The minimum absolute atomic E-state index is 0.142. The van der Waals surface area contributed by atoms with E-state index in [9.17, 15) is 30.0 Å². The number of esters is 1. The van der Waals surface area contributed by atoms with Gasteiger partial charge in [0.05, 0.1) is 44.7 Å². The van der Waals surface area contributed by atoms with Crippen molar-refractivity contribution in [3.8, 4) is 28.7 Å². The molecule has 5 aliphatic heterocycles. The molecule has 2 aromatic carbocycles. The van der Waals surface area contributed by atoms with Crippen LogP contribution in [0.25, 0.3) is 0 Å². The topological polar surface area (TPSA) is 199 Å². The van der Waals surface area contributed by atoms with Crippen LogP contribution < -0.4 is 33.7 Å². The summed E-state index contributed by atoms with van der Waals surface area (Å²) in [5.41, 5.74) is 4.61. The number of ether oxygens (including phenoxy) is 7. The molecule has 0 saturated carbocycles. The van der Waals surface area contributed by atoms with E-state index in [1.807, 2.05) is 18.2 Å². The molecule has 15 heteroatoms. The number of aliphatic hydroxyl groups is 3. The van der Waals surface area contributed by atoms with Crippen LogP contribution in [0.5, 0.6) is 28.7 Å². The van der Waals surface area contributed by atoms with Gasteiger partial charge in [0.1, 0.15) is 73.6 Å². The lowest BCUT2D eigenvalue weighted by Crippen LogP contribution is -3.05. The van der Waals surface area contributed by atoms with Crippen LogP contribution in [0.4, 0.5) is 0 Å². The predicted molar refractivity (Wildman–Crippen MR) is 160 cm³/mol. The molecular weight excluding hydrogens is 632 g/mol. The molecule has 1 unspecified atom stereocenters. The number of carbonyl (C=O) groups excluding carboxylic acids is 2. The van der Waals surface area contributed by atoms with Crippen molar-refractivity contribution < 1.29 is 68.1 Å². The maximum atomic E-state index is 11.7. The highest BCUT2D eigenvalue weighted by molar-refractivity contribution is 6.06. The molecule has 2 aromatic rings. The van der Waals surface area contributed by atoms with Gasteiger partial charge in [0.15, 0.2) is 11.5 Å². The Balaban J connectivity index is 1.19. The van der Waals surface area contributed by atoms with Crippen LogP contribution in [0.3, 0.4) is 0 Å². The number of nitrogens with zero attached hydrogens (tertiary/aromatic N) is 1. The van der Waals surface area contributed by atoms with Gasteiger partial charge in [0.2, 0.25) is 12.0 Å². The SMILES string of the molecule is COc1ccc2c(c1OC)O[C@@H]1c3c(C[NH+]4C=C5C=CN=C5C4)cc(O[C@H]4O[C@H](COC(=O)CC(=O)[O-])[C@@H](O)[C@H](O)[C@H]4O)cc3OC[C@@H]21. The summed E-state index contributed by atoms with van der Waals surface area (Å²) in [4.78, 5) is 28.0. The molecule has 5 aliphatic rings. The molecule has 48 heavy (non-hydrogen) atoms. The fraction of sp³-hybridized carbons (Fsp3) is 0.424. The number of aliphatic carboxylic acids is 1. The molecule has 1 fully saturated rings. The molecule has 7 rings (SSSR count). The highest BCUT2D eigenvalue weighted by Gasteiger charge is 2.47. The molecule has 0 amide bonds. The molecule has 0 spiro atoms. The third-order valence-electron chi connectivity index (χ3n) is 9.05. The van der Waals surface area contributed by atoms with Crippen LogP contribution in [-0.2, 0) is 25.6 Å². The number of aliphatic hydroxyl groups excluding tert-OH is 3. The van der Waals surface area contributed by atoms with Crippen LogP contribution in [0.15, 0.2) is 53.3 Å². The summed E-state index contributed by atoms with van der Waals surface area (Å²) in [5, 5.41) is 42.5. The van der Waals surface area contributed by atoms with E-state index in [0.29, 0.717) is 36.1 Å². The highest BCUT2D eigenvalue weighted by Crippen LogP contribution is 2.57. The van der Waals surface area contributed by atoms with Gasteiger partial charge in [0.25, 0.3) is 0 Å². The van der Waals surface area contributed by atoms with Gasteiger partial charge in [-0.15, -0.1) is 0 Å². The second kappa shape index (κ2) is 12.7. The zero-order valence-corrected chi connectivity index (χ0v) is 26.0. The molecule has 0 bridgehead atoms. The monoisotopic (exact) mass is 666 g/mol. The van der Waals surface area contributed by atoms with Crippen LogP contribution in [0.2, 0.25) is 0 Å². The van der Waals surface area contributed by atoms with Crippen molar-refractivity contribution >= 4 is 17.7 Å². The number of carboxylic acids is 1. The van der Waals surface area contributed by atoms with Gasteiger partial charge in [-0.1, -0.05) is 6.07 Å². The fourth-order valence-electron chi connectivity index (χ4n) is 6.76. The molecular formula is C33H34N2O13. The number of benzene rings is 2. The Kier molecular flexibility index (Phi) is 8.47. The normalized spacial score (nSPS) is 29.3. The minimum atomic E-state index is -1.73. The molecule has 0 radical (unpaired) electrons. The van der Waals surface area contributed by atoms with Gasteiger partial charge in [-0.05, 0) is 18.2 Å². The van der Waals surface area contributed by atoms with E-state index in [1.54, 1.807) is 32.6 Å². The van der Waals surface area contributed by atoms with Gasteiger partial charge in [-0.25, -0.2) is 0 Å². The number of allylic oxidation sites excluding steroid dienone is 1. The number of rotatable bonds is 10. The minimum Gasteiger partial charge on any atom is -0.550 e. The summed E-state index contributed by atoms with van der Waals surface area (Å²) in [7, 11) is 3.12. The lowest BCUT2D eigenvalue weighted by Gasteiger charge is -2.40. The maximum Gasteiger partial charge on any atom is 0.311 e. The lowest BCUT2D eigenvalue weighted by molar-refractivity contribution is -0.848. The van der Waals surface area contributed by atoms with Crippen LogP contribution >= 0.6 is 0 Å². The molecule has 0 aliphatic carbocycles. The van der Waals surface area contributed by atoms with Crippen molar-refractivity contribution in [2.45, 2.75) is 55.7 Å². The highest BCUT2D eigenvalue weighted by atomic mass is 16.7. The number of fused-ring (bicyclic) bond motifs is 6. The zero-order chi connectivity index (χ0) is 33.7. The molecule has 1 saturated heterocycles. The molecule has 8 atom stereocenters. The standard InChI is InChI=1S/C33H34N2O13/c1-42-21-4-3-18-19-13-44-22-8-17(46-33-29(41)28(40)27(39)23(47-33)14-45-25(38)9-24(36)37)7-16(11-35-10-15-5-6-34-20(15)12-35)26(22)30(19)48-31(18)32(21)43-2/h3-8,10,19,23,27-30,33,39-41H,9,11-14H2,1-2H3,(H,36,37)/t19-,23+,27+,28-,29+,30-,33-/m0/s1. The van der Waals surface area contributed by atoms with Crippen molar-refractivity contribution in [2.75, 3.05) is 34.0 Å². The van der Waals surface area contributed by atoms with E-state index in [4.69, 9.17) is 33.2 Å². The average molecular weight is 667 g/mol. The summed E-state index contributed by atoms with van der Waals surface area (Å²) in [6.45, 7) is 0.846. The second-order valence-electron chi connectivity index (χ2n) is 12.0. The van der Waals surface area contributed by atoms with Crippen molar-refractivity contribution in [3.63, 3.8) is 0 Å². The van der Waals surface area contributed by atoms with Gasteiger partial charge in [-0.2, -0.15) is 0 Å². The number of hydrogen-bond acceptors (Lipinski definition) is 14. The molecule has 4 N–H and O–H groups in total. The maximum absolute atomic E-state index is 11.7. The molecule has 254 valence electrons. The average Bonchev–Trinajstić information content (AvgIpc) is 3.77. The Morgan fingerprint density at radius 2 is 1.94 bits per heavy atom. The third kappa shape index (κ3) is 5.73. The van der Waals surface area contributed by atoms with E-state index in [-0.39, 0.29) is 18.3 Å². The van der Waals surface area contributed by atoms with Gasteiger partial charge in [0, 0.05) is 29.0 Å². The first-order valence-electron chi connectivity index (χ1n) is 15.4. The van der Waals surface area contributed by atoms with E-state index < -0.39 is 61.8 Å². The Bertz CT molecular complexity index is 1720. The summed E-state index contributed by atoms with van der Waals surface area (Å²) < 4.78 is 40.7. The van der Waals surface area contributed by atoms with Crippen molar-refractivity contribution in [1.29, 1.82) is 0 Å². The third-order valence-corrected chi connectivity index (χ3v) is 9.05. The number of aliphatic imine (C=N–C) groups is 1. The van der Waals surface area contributed by atoms with Crippen molar-refractivity contribution in [2.24, 2.45) is 4.99 Å². The van der Waals surface area contributed by atoms with Gasteiger partial charge >= 0.3 is 5.97 Å². The second-order valence-corrected chi connectivity index (χ2v) is 12.0.